The van der Waals surface area contributed by atoms with Gasteiger partial charge in [-0.25, -0.2) is 4.79 Å². The van der Waals surface area contributed by atoms with Crippen molar-refractivity contribution in [1.29, 1.82) is 0 Å². The van der Waals surface area contributed by atoms with E-state index in [4.69, 9.17) is 5.11 Å². The highest BCUT2D eigenvalue weighted by molar-refractivity contribution is 5.97. The van der Waals surface area contributed by atoms with Crippen LogP contribution in [-0.2, 0) is 4.79 Å². The van der Waals surface area contributed by atoms with Crippen molar-refractivity contribution in [3.63, 3.8) is 0 Å². The lowest BCUT2D eigenvalue weighted by Crippen LogP contribution is -2.17. The van der Waals surface area contributed by atoms with E-state index < -0.39 is 11.4 Å². The number of aromatic carboxylic acids is 1. The van der Waals surface area contributed by atoms with Crippen molar-refractivity contribution in [3.8, 4) is 0 Å². The summed E-state index contributed by atoms with van der Waals surface area (Å²) in [4.78, 5) is 22.3. The molecule has 1 rings (SSSR count). The molecule has 0 saturated heterocycles. The Morgan fingerprint density at radius 1 is 1.12 bits per heavy atom. The lowest BCUT2D eigenvalue weighted by Gasteiger charge is -2.12. The molecule has 0 spiro atoms. The number of carbonyl (C=O) groups excluding carboxylic acids is 1. The average molecular weight is 232 g/mol. The van der Waals surface area contributed by atoms with E-state index in [0.29, 0.717) is 0 Å². The van der Waals surface area contributed by atoms with E-state index in [9.17, 15) is 9.59 Å². The zero-order valence-electron chi connectivity index (χ0n) is 10.2. The highest BCUT2D eigenvalue weighted by atomic mass is 16.4. The number of allylic oxidation sites excluding steroid dienone is 1. The molecule has 17 heavy (non-hydrogen) atoms. The van der Waals surface area contributed by atoms with E-state index in [-0.39, 0.29) is 11.3 Å². The Hall–Kier alpha value is -1.90. The maximum absolute atomic E-state index is 11.6. The van der Waals surface area contributed by atoms with Crippen LogP contribution in [0.1, 0.15) is 36.7 Å². The van der Waals surface area contributed by atoms with Gasteiger partial charge in [-0.1, -0.05) is 39.0 Å². The van der Waals surface area contributed by atoms with Gasteiger partial charge in [0.1, 0.15) is 0 Å². The Morgan fingerprint density at radius 3 is 2.06 bits per heavy atom. The number of ketones is 1. The maximum atomic E-state index is 11.6. The first-order valence-corrected chi connectivity index (χ1v) is 5.36. The summed E-state index contributed by atoms with van der Waals surface area (Å²) in [5.74, 6) is -0.911. The molecule has 1 aromatic rings. The van der Waals surface area contributed by atoms with E-state index in [1.54, 1.807) is 18.2 Å². The summed E-state index contributed by atoms with van der Waals surface area (Å²) in [5, 5.41) is 8.73. The SMILES string of the molecule is CC(C)(C)C(=O)C=Cc1ccc(C(=O)O)cc1. The van der Waals surface area contributed by atoms with Crippen molar-refractivity contribution in [2.75, 3.05) is 0 Å². The van der Waals surface area contributed by atoms with Crippen molar-refractivity contribution >= 4 is 17.8 Å². The van der Waals surface area contributed by atoms with Gasteiger partial charge in [-0.05, 0) is 23.8 Å². The standard InChI is InChI=1S/C14H16O3/c1-14(2,3)12(15)9-6-10-4-7-11(8-5-10)13(16)17/h4-9H,1-3H3,(H,16,17). The highest BCUT2D eigenvalue weighted by Crippen LogP contribution is 2.16. The number of carboxylic acids is 1. The smallest absolute Gasteiger partial charge is 0.335 e. The molecule has 0 fully saturated rings. The Bertz CT molecular complexity index is 447. The minimum Gasteiger partial charge on any atom is -0.478 e. The third kappa shape index (κ3) is 3.87. The zero-order chi connectivity index (χ0) is 13.1. The molecule has 0 heterocycles. The van der Waals surface area contributed by atoms with Crippen LogP contribution >= 0.6 is 0 Å². The molecule has 0 unspecified atom stereocenters. The first-order chi connectivity index (χ1) is 7.80. The molecule has 0 aliphatic heterocycles. The van der Waals surface area contributed by atoms with E-state index >= 15 is 0 Å². The summed E-state index contributed by atoms with van der Waals surface area (Å²) >= 11 is 0. The Balaban J connectivity index is 2.80. The van der Waals surface area contributed by atoms with Crippen molar-refractivity contribution in [1.82, 2.24) is 0 Å². The fraction of sp³-hybridized carbons (Fsp3) is 0.286. The van der Waals surface area contributed by atoms with Gasteiger partial charge >= 0.3 is 5.97 Å². The van der Waals surface area contributed by atoms with Gasteiger partial charge in [0.2, 0.25) is 0 Å². The second-order valence-electron chi connectivity index (χ2n) is 4.87. The second kappa shape index (κ2) is 4.95. The van der Waals surface area contributed by atoms with Crippen molar-refractivity contribution in [3.05, 3.63) is 41.5 Å². The van der Waals surface area contributed by atoms with Crippen LogP contribution < -0.4 is 0 Å². The molecule has 1 N–H and O–H groups in total. The molecule has 0 aromatic heterocycles. The first-order valence-electron chi connectivity index (χ1n) is 5.36. The predicted octanol–water partition coefficient (Wildman–Crippen LogP) is 3.01. The largest absolute Gasteiger partial charge is 0.478 e. The van der Waals surface area contributed by atoms with Crippen LogP contribution in [0.25, 0.3) is 6.08 Å². The molecule has 0 atom stereocenters. The summed E-state index contributed by atoms with van der Waals surface area (Å²) in [6.07, 6.45) is 3.22. The van der Waals surface area contributed by atoms with Gasteiger partial charge in [-0.2, -0.15) is 0 Å². The quantitative estimate of drug-likeness (QED) is 0.815. The molecule has 0 bridgehead atoms. The molecule has 3 nitrogen and oxygen atoms in total. The fourth-order valence-electron chi connectivity index (χ4n) is 1.16. The fourth-order valence-corrected chi connectivity index (χ4v) is 1.16. The molecule has 0 amide bonds. The summed E-state index contributed by atoms with van der Waals surface area (Å²) in [7, 11) is 0. The first kappa shape index (κ1) is 13.2. The van der Waals surface area contributed by atoms with Gasteiger partial charge in [0, 0.05) is 5.41 Å². The van der Waals surface area contributed by atoms with Crippen LogP contribution in [0.5, 0.6) is 0 Å². The summed E-state index contributed by atoms with van der Waals surface area (Å²) in [6.45, 7) is 5.56. The summed E-state index contributed by atoms with van der Waals surface area (Å²) in [6, 6.07) is 6.39. The van der Waals surface area contributed by atoms with Crippen LogP contribution in [0.15, 0.2) is 30.3 Å². The van der Waals surface area contributed by atoms with Gasteiger partial charge in [0.05, 0.1) is 5.56 Å². The molecular weight excluding hydrogens is 216 g/mol. The van der Waals surface area contributed by atoms with Crippen molar-refractivity contribution < 1.29 is 14.7 Å². The zero-order valence-corrected chi connectivity index (χ0v) is 10.2. The van der Waals surface area contributed by atoms with Crippen LogP contribution in [0.4, 0.5) is 0 Å². The highest BCUT2D eigenvalue weighted by Gasteiger charge is 2.17. The number of benzene rings is 1. The summed E-state index contributed by atoms with van der Waals surface area (Å²) in [5.41, 5.74) is 0.661. The van der Waals surface area contributed by atoms with E-state index in [2.05, 4.69) is 0 Å². The topological polar surface area (TPSA) is 54.4 Å². The Morgan fingerprint density at radius 2 is 1.65 bits per heavy atom. The minimum absolute atomic E-state index is 0.0415. The van der Waals surface area contributed by atoms with Gasteiger partial charge < -0.3 is 5.11 Å². The molecule has 3 heteroatoms. The molecule has 0 saturated carbocycles. The number of hydrogen-bond donors (Lipinski definition) is 1. The third-order valence-electron chi connectivity index (χ3n) is 2.32. The maximum Gasteiger partial charge on any atom is 0.335 e. The van der Waals surface area contributed by atoms with Crippen LogP contribution in [0.3, 0.4) is 0 Å². The van der Waals surface area contributed by atoms with Gasteiger partial charge in [-0.3, -0.25) is 4.79 Å². The number of carbonyl (C=O) groups is 2. The Kier molecular flexibility index (Phi) is 3.84. The predicted molar refractivity (Wildman–Crippen MR) is 66.9 cm³/mol. The molecular formula is C14H16O3. The lowest BCUT2D eigenvalue weighted by atomic mass is 9.90. The van der Waals surface area contributed by atoms with E-state index in [0.717, 1.165) is 5.56 Å². The van der Waals surface area contributed by atoms with Crippen LogP contribution in [-0.4, -0.2) is 16.9 Å². The van der Waals surface area contributed by atoms with Gasteiger partial charge in [0.25, 0.3) is 0 Å². The Labute approximate surface area is 101 Å². The van der Waals surface area contributed by atoms with Crippen molar-refractivity contribution in [2.24, 2.45) is 5.41 Å². The summed E-state index contributed by atoms with van der Waals surface area (Å²) < 4.78 is 0. The number of carboxylic acid groups (broad SMARTS) is 1. The third-order valence-corrected chi connectivity index (χ3v) is 2.32. The van der Waals surface area contributed by atoms with Gasteiger partial charge in [-0.15, -0.1) is 0 Å². The normalized spacial score (nSPS) is 11.7. The molecule has 90 valence electrons. The number of rotatable bonds is 3. The average Bonchev–Trinajstić information content (AvgIpc) is 2.25. The molecule has 0 radical (unpaired) electrons. The number of hydrogen-bond acceptors (Lipinski definition) is 2. The molecule has 0 aliphatic rings. The van der Waals surface area contributed by atoms with Gasteiger partial charge in [0.15, 0.2) is 5.78 Å². The molecule has 0 aliphatic carbocycles. The molecule has 1 aromatic carbocycles. The monoisotopic (exact) mass is 232 g/mol. The lowest BCUT2D eigenvalue weighted by molar-refractivity contribution is -0.121. The minimum atomic E-state index is -0.953. The van der Waals surface area contributed by atoms with E-state index in [1.165, 1.54) is 18.2 Å². The second-order valence-corrected chi connectivity index (χ2v) is 4.87. The van der Waals surface area contributed by atoms with Crippen LogP contribution in [0, 0.1) is 5.41 Å². The van der Waals surface area contributed by atoms with Crippen LogP contribution in [0.2, 0.25) is 0 Å². The van der Waals surface area contributed by atoms with Crippen molar-refractivity contribution in [2.45, 2.75) is 20.8 Å². The van der Waals surface area contributed by atoms with E-state index in [1.807, 2.05) is 20.8 Å².